The molecular weight excluding hydrogens is 223 g/mol. The molecule has 1 aromatic rings. The average Bonchev–Trinajstić information content (AvgIpc) is 2.14. The van der Waals surface area contributed by atoms with E-state index in [1.807, 2.05) is 0 Å². The third kappa shape index (κ3) is 4.18. The quantitative estimate of drug-likeness (QED) is 0.627. The largest absolute Gasteiger partial charge is 0.294 e. The van der Waals surface area contributed by atoms with Crippen molar-refractivity contribution in [3.63, 3.8) is 0 Å². The third-order valence-electron chi connectivity index (χ3n) is 1.75. The molecule has 0 amide bonds. The lowest BCUT2D eigenvalue weighted by Gasteiger charge is -1.99. The minimum Gasteiger partial charge on any atom is -0.294 e. The van der Waals surface area contributed by atoms with E-state index >= 15 is 0 Å². The van der Waals surface area contributed by atoms with Crippen LogP contribution in [0.5, 0.6) is 0 Å². The summed E-state index contributed by atoms with van der Waals surface area (Å²) in [6.45, 7) is 0. The van der Waals surface area contributed by atoms with E-state index in [0.29, 0.717) is 0 Å². The molecule has 0 spiro atoms. The molecule has 0 saturated carbocycles. The van der Waals surface area contributed by atoms with Crippen molar-refractivity contribution in [2.75, 3.05) is 5.75 Å². The molecule has 1 rings (SSSR count). The van der Waals surface area contributed by atoms with Crippen LogP contribution in [0.25, 0.3) is 0 Å². The number of carbonyl (C=O) groups excluding carboxylic acids is 1. The molecule has 15 heavy (non-hydrogen) atoms. The Bertz CT molecular complexity index is 450. The van der Waals surface area contributed by atoms with Crippen LogP contribution in [-0.2, 0) is 10.1 Å². The van der Waals surface area contributed by atoms with Gasteiger partial charge in [0.2, 0.25) is 0 Å². The molecule has 0 aliphatic rings. The number of ketones is 1. The van der Waals surface area contributed by atoms with Crippen LogP contribution in [0, 0.1) is 5.82 Å². The molecule has 0 aliphatic heterocycles. The van der Waals surface area contributed by atoms with Crippen molar-refractivity contribution in [1.29, 1.82) is 0 Å². The molecule has 0 aromatic heterocycles. The van der Waals surface area contributed by atoms with Crippen molar-refractivity contribution in [2.24, 2.45) is 0 Å². The molecule has 0 aliphatic carbocycles. The first-order chi connectivity index (χ1) is 6.88. The molecule has 0 radical (unpaired) electrons. The highest BCUT2D eigenvalue weighted by atomic mass is 32.2. The first-order valence-electron chi connectivity index (χ1n) is 4.12. The average molecular weight is 232 g/mol. The molecular formula is C9H9FO4S. The van der Waals surface area contributed by atoms with Crippen molar-refractivity contribution in [2.45, 2.75) is 6.42 Å². The van der Waals surface area contributed by atoms with E-state index in [4.69, 9.17) is 4.55 Å². The van der Waals surface area contributed by atoms with E-state index in [1.165, 1.54) is 12.1 Å². The van der Waals surface area contributed by atoms with Crippen LogP contribution in [0.2, 0.25) is 0 Å². The van der Waals surface area contributed by atoms with Gasteiger partial charge in [0, 0.05) is 12.0 Å². The number of halogens is 1. The Kier molecular flexibility index (Phi) is 3.54. The van der Waals surface area contributed by atoms with Gasteiger partial charge in [-0.05, 0) is 24.3 Å². The summed E-state index contributed by atoms with van der Waals surface area (Å²) in [4.78, 5) is 11.3. The van der Waals surface area contributed by atoms with Gasteiger partial charge in [0.05, 0.1) is 5.75 Å². The molecule has 0 fully saturated rings. The Morgan fingerprint density at radius 3 is 2.27 bits per heavy atom. The van der Waals surface area contributed by atoms with Gasteiger partial charge in [0.1, 0.15) is 5.82 Å². The second-order valence-electron chi connectivity index (χ2n) is 2.97. The van der Waals surface area contributed by atoms with E-state index in [2.05, 4.69) is 0 Å². The Labute approximate surface area is 86.5 Å². The number of carbonyl (C=O) groups is 1. The molecule has 4 nitrogen and oxygen atoms in total. The highest BCUT2D eigenvalue weighted by Crippen LogP contribution is 2.06. The first kappa shape index (κ1) is 11.8. The second-order valence-corrected chi connectivity index (χ2v) is 4.54. The summed E-state index contributed by atoms with van der Waals surface area (Å²) >= 11 is 0. The summed E-state index contributed by atoms with van der Waals surface area (Å²) < 4.78 is 41.6. The number of benzene rings is 1. The number of rotatable bonds is 4. The van der Waals surface area contributed by atoms with Gasteiger partial charge in [-0.15, -0.1) is 0 Å². The van der Waals surface area contributed by atoms with Gasteiger partial charge < -0.3 is 0 Å². The summed E-state index contributed by atoms with van der Waals surface area (Å²) in [5.41, 5.74) is 0.222. The smallest absolute Gasteiger partial charge is 0.265 e. The Morgan fingerprint density at radius 1 is 1.27 bits per heavy atom. The molecule has 0 atom stereocenters. The lowest BCUT2D eigenvalue weighted by molar-refractivity contribution is 0.0988. The van der Waals surface area contributed by atoms with Crippen molar-refractivity contribution < 1.29 is 22.2 Å². The summed E-state index contributed by atoms with van der Waals surface area (Å²) in [5, 5.41) is 0. The maximum atomic E-state index is 12.5. The Hall–Kier alpha value is -1.27. The molecule has 0 bridgehead atoms. The Morgan fingerprint density at radius 2 is 1.80 bits per heavy atom. The molecule has 0 unspecified atom stereocenters. The fraction of sp³-hybridized carbons (Fsp3) is 0.222. The van der Waals surface area contributed by atoms with Gasteiger partial charge in [-0.25, -0.2) is 4.39 Å². The van der Waals surface area contributed by atoms with E-state index in [0.717, 1.165) is 12.1 Å². The minimum absolute atomic E-state index is 0.222. The van der Waals surface area contributed by atoms with Crippen LogP contribution in [0.1, 0.15) is 16.8 Å². The summed E-state index contributed by atoms with van der Waals surface area (Å²) in [5.74, 6) is -1.54. The van der Waals surface area contributed by atoms with Crippen LogP contribution in [-0.4, -0.2) is 24.5 Å². The van der Waals surface area contributed by atoms with E-state index in [-0.39, 0.29) is 12.0 Å². The van der Waals surface area contributed by atoms with Gasteiger partial charge in [-0.2, -0.15) is 8.42 Å². The normalized spacial score (nSPS) is 11.3. The fourth-order valence-corrected chi connectivity index (χ4v) is 1.45. The van der Waals surface area contributed by atoms with Crippen molar-refractivity contribution in [3.8, 4) is 0 Å². The van der Waals surface area contributed by atoms with E-state index < -0.39 is 27.5 Å². The Balaban J connectivity index is 2.66. The zero-order valence-electron chi connectivity index (χ0n) is 7.68. The van der Waals surface area contributed by atoms with Gasteiger partial charge >= 0.3 is 0 Å². The monoisotopic (exact) mass is 232 g/mol. The predicted octanol–water partition coefficient (Wildman–Crippen LogP) is 1.29. The first-order valence-corrected chi connectivity index (χ1v) is 5.73. The van der Waals surface area contributed by atoms with Gasteiger partial charge in [-0.3, -0.25) is 9.35 Å². The zero-order valence-corrected chi connectivity index (χ0v) is 8.50. The summed E-state index contributed by atoms with van der Waals surface area (Å²) in [6.07, 6.45) is -0.315. The van der Waals surface area contributed by atoms with Gasteiger partial charge in [0.15, 0.2) is 5.78 Å². The maximum absolute atomic E-state index is 12.5. The minimum atomic E-state index is -4.13. The fourth-order valence-electron chi connectivity index (χ4n) is 1.00. The molecule has 1 aromatic carbocycles. The lowest BCUT2D eigenvalue weighted by atomic mass is 10.1. The standard InChI is InChI=1S/C9H9FO4S/c10-8-3-1-7(2-4-8)9(11)5-6-15(12,13)14/h1-4H,5-6H2,(H,12,13,14). The lowest BCUT2D eigenvalue weighted by Crippen LogP contribution is -2.10. The highest BCUT2D eigenvalue weighted by Gasteiger charge is 2.11. The van der Waals surface area contributed by atoms with Crippen molar-refractivity contribution in [3.05, 3.63) is 35.6 Å². The van der Waals surface area contributed by atoms with Gasteiger partial charge in [-0.1, -0.05) is 0 Å². The second kappa shape index (κ2) is 4.50. The van der Waals surface area contributed by atoms with E-state index in [9.17, 15) is 17.6 Å². The zero-order chi connectivity index (χ0) is 11.5. The molecule has 1 N–H and O–H groups in total. The number of Topliss-reactive ketones (excluding diaryl/α,β-unsaturated/α-hetero) is 1. The molecule has 82 valence electrons. The SMILES string of the molecule is O=C(CCS(=O)(=O)O)c1ccc(F)cc1. The van der Waals surface area contributed by atoms with Crippen LogP contribution in [0.15, 0.2) is 24.3 Å². The summed E-state index contributed by atoms with van der Waals surface area (Å²) in [7, 11) is -4.13. The van der Waals surface area contributed by atoms with Crippen LogP contribution < -0.4 is 0 Å². The third-order valence-corrected chi connectivity index (χ3v) is 2.47. The van der Waals surface area contributed by atoms with Gasteiger partial charge in [0.25, 0.3) is 10.1 Å². The molecule has 0 saturated heterocycles. The van der Waals surface area contributed by atoms with Crippen LogP contribution in [0.3, 0.4) is 0 Å². The maximum Gasteiger partial charge on any atom is 0.265 e. The highest BCUT2D eigenvalue weighted by molar-refractivity contribution is 7.85. The predicted molar refractivity (Wildman–Crippen MR) is 51.8 cm³/mol. The molecule has 6 heteroatoms. The van der Waals surface area contributed by atoms with Crippen LogP contribution in [0.4, 0.5) is 4.39 Å². The topological polar surface area (TPSA) is 71.4 Å². The van der Waals surface area contributed by atoms with Crippen molar-refractivity contribution >= 4 is 15.9 Å². The number of hydrogen-bond acceptors (Lipinski definition) is 3. The molecule has 0 heterocycles. The number of hydrogen-bond donors (Lipinski definition) is 1. The van der Waals surface area contributed by atoms with E-state index in [1.54, 1.807) is 0 Å². The van der Waals surface area contributed by atoms with Crippen molar-refractivity contribution in [1.82, 2.24) is 0 Å². The van der Waals surface area contributed by atoms with Crippen LogP contribution >= 0.6 is 0 Å². The summed E-state index contributed by atoms with van der Waals surface area (Å²) in [6, 6.07) is 4.75.